The van der Waals surface area contributed by atoms with Crippen LogP contribution in [0.25, 0.3) is 11.1 Å². The highest BCUT2D eigenvalue weighted by Gasteiger charge is 2.14. The molecule has 0 amide bonds. The molecule has 0 unspecified atom stereocenters. The Balaban J connectivity index is 2.48. The number of rotatable bonds is 2. The molecule has 0 fully saturated rings. The zero-order valence-corrected chi connectivity index (χ0v) is 11.4. The predicted molar refractivity (Wildman–Crippen MR) is 75.9 cm³/mol. The fourth-order valence-corrected chi connectivity index (χ4v) is 1.97. The number of aldehydes is 1. The van der Waals surface area contributed by atoms with E-state index in [-0.39, 0.29) is 11.0 Å². The Kier molecular flexibility index (Phi) is 3.52. The van der Waals surface area contributed by atoms with E-state index in [4.69, 9.17) is 0 Å². The van der Waals surface area contributed by atoms with Crippen LogP contribution in [-0.2, 0) is 5.41 Å². The van der Waals surface area contributed by atoms with Crippen LogP contribution in [0.5, 0.6) is 0 Å². The first kappa shape index (κ1) is 13.5. The topological polar surface area (TPSA) is 17.1 Å². The largest absolute Gasteiger partial charge is 0.298 e. The summed E-state index contributed by atoms with van der Waals surface area (Å²) in [6.45, 7) is 6.42. The second-order valence-corrected chi connectivity index (χ2v) is 5.68. The van der Waals surface area contributed by atoms with Gasteiger partial charge in [-0.1, -0.05) is 51.1 Å². The molecule has 0 aliphatic rings. The van der Waals surface area contributed by atoms with Crippen molar-refractivity contribution < 1.29 is 9.18 Å². The molecule has 2 heteroatoms. The SMILES string of the molecule is CC(C)(C)c1cccc(-c2ccc(C=O)c(F)c2)c1. The average Bonchev–Trinajstić information content (AvgIpc) is 2.38. The maximum Gasteiger partial charge on any atom is 0.152 e. The van der Waals surface area contributed by atoms with Gasteiger partial charge in [-0.3, -0.25) is 4.79 Å². The molecule has 0 radical (unpaired) electrons. The molecule has 2 aromatic rings. The summed E-state index contributed by atoms with van der Waals surface area (Å²) < 4.78 is 13.6. The number of halogens is 1. The van der Waals surface area contributed by atoms with Crippen LogP contribution in [0.2, 0.25) is 0 Å². The highest BCUT2D eigenvalue weighted by Crippen LogP contribution is 2.28. The van der Waals surface area contributed by atoms with Crippen molar-refractivity contribution in [1.82, 2.24) is 0 Å². The quantitative estimate of drug-likeness (QED) is 0.717. The molecular formula is C17H17FO. The number of hydrogen-bond donors (Lipinski definition) is 0. The molecule has 98 valence electrons. The monoisotopic (exact) mass is 256 g/mol. The molecule has 0 aliphatic carbocycles. The van der Waals surface area contributed by atoms with E-state index in [1.165, 1.54) is 17.7 Å². The summed E-state index contributed by atoms with van der Waals surface area (Å²) in [7, 11) is 0. The lowest BCUT2D eigenvalue weighted by Crippen LogP contribution is -2.10. The highest BCUT2D eigenvalue weighted by atomic mass is 19.1. The minimum Gasteiger partial charge on any atom is -0.298 e. The van der Waals surface area contributed by atoms with Crippen LogP contribution >= 0.6 is 0 Å². The molecule has 0 heterocycles. The predicted octanol–water partition coefficient (Wildman–Crippen LogP) is 4.60. The third-order valence-electron chi connectivity index (χ3n) is 3.19. The Morgan fingerprint density at radius 2 is 1.68 bits per heavy atom. The van der Waals surface area contributed by atoms with Gasteiger partial charge in [0.15, 0.2) is 6.29 Å². The molecule has 0 atom stereocenters. The first-order valence-electron chi connectivity index (χ1n) is 6.27. The molecule has 0 aromatic heterocycles. The van der Waals surface area contributed by atoms with E-state index in [1.54, 1.807) is 6.07 Å². The second kappa shape index (κ2) is 4.96. The van der Waals surface area contributed by atoms with Crippen LogP contribution in [0, 0.1) is 5.82 Å². The Bertz CT molecular complexity index is 609. The number of benzene rings is 2. The fourth-order valence-electron chi connectivity index (χ4n) is 1.97. The van der Waals surface area contributed by atoms with E-state index >= 15 is 0 Å². The van der Waals surface area contributed by atoms with Gasteiger partial charge in [0.1, 0.15) is 5.82 Å². The van der Waals surface area contributed by atoms with Gasteiger partial charge < -0.3 is 0 Å². The van der Waals surface area contributed by atoms with E-state index in [0.717, 1.165) is 11.1 Å². The van der Waals surface area contributed by atoms with Crippen molar-refractivity contribution in [1.29, 1.82) is 0 Å². The molecule has 0 spiro atoms. The zero-order valence-electron chi connectivity index (χ0n) is 11.4. The summed E-state index contributed by atoms with van der Waals surface area (Å²) >= 11 is 0. The number of carbonyl (C=O) groups is 1. The molecule has 2 rings (SSSR count). The van der Waals surface area contributed by atoms with Gasteiger partial charge in [-0.2, -0.15) is 0 Å². The lowest BCUT2D eigenvalue weighted by atomic mass is 9.85. The van der Waals surface area contributed by atoms with Crippen molar-refractivity contribution in [2.45, 2.75) is 26.2 Å². The number of carbonyl (C=O) groups excluding carboxylic acids is 1. The van der Waals surface area contributed by atoms with Gasteiger partial charge in [0.2, 0.25) is 0 Å². The third-order valence-corrected chi connectivity index (χ3v) is 3.19. The minimum atomic E-state index is -0.478. The summed E-state index contributed by atoms with van der Waals surface area (Å²) in [5.41, 5.74) is 3.09. The van der Waals surface area contributed by atoms with E-state index in [0.29, 0.717) is 6.29 Å². The Morgan fingerprint density at radius 1 is 1.00 bits per heavy atom. The Morgan fingerprint density at radius 3 is 2.26 bits per heavy atom. The standard InChI is InChI=1S/C17H17FO/c1-17(2,3)15-6-4-5-12(9-15)13-7-8-14(11-19)16(18)10-13/h4-11H,1-3H3. The molecule has 0 aliphatic heterocycles. The van der Waals surface area contributed by atoms with E-state index in [9.17, 15) is 9.18 Å². The molecule has 0 saturated carbocycles. The average molecular weight is 256 g/mol. The van der Waals surface area contributed by atoms with Gasteiger partial charge in [-0.05, 0) is 34.2 Å². The van der Waals surface area contributed by atoms with Crippen LogP contribution in [0.15, 0.2) is 42.5 Å². The van der Waals surface area contributed by atoms with Crippen LogP contribution < -0.4 is 0 Å². The molecule has 0 bridgehead atoms. The van der Waals surface area contributed by atoms with Crippen molar-refractivity contribution in [3.05, 3.63) is 59.4 Å². The second-order valence-electron chi connectivity index (χ2n) is 5.68. The molecular weight excluding hydrogens is 239 g/mol. The maximum atomic E-state index is 13.6. The summed E-state index contributed by atoms with van der Waals surface area (Å²) in [6, 6.07) is 12.8. The van der Waals surface area contributed by atoms with Crippen molar-refractivity contribution in [3.63, 3.8) is 0 Å². The van der Waals surface area contributed by atoms with Crippen molar-refractivity contribution in [2.24, 2.45) is 0 Å². The molecule has 19 heavy (non-hydrogen) atoms. The Hall–Kier alpha value is -1.96. The van der Waals surface area contributed by atoms with Gasteiger partial charge in [0.05, 0.1) is 5.56 Å². The van der Waals surface area contributed by atoms with Crippen molar-refractivity contribution in [2.75, 3.05) is 0 Å². The highest BCUT2D eigenvalue weighted by molar-refractivity contribution is 5.77. The van der Waals surface area contributed by atoms with Gasteiger partial charge in [-0.25, -0.2) is 4.39 Å². The fraction of sp³-hybridized carbons (Fsp3) is 0.235. The maximum absolute atomic E-state index is 13.6. The van der Waals surface area contributed by atoms with Crippen LogP contribution in [-0.4, -0.2) is 6.29 Å². The Labute approximate surface area is 113 Å². The van der Waals surface area contributed by atoms with E-state index < -0.39 is 5.82 Å². The van der Waals surface area contributed by atoms with Gasteiger partial charge in [0, 0.05) is 0 Å². The first-order chi connectivity index (χ1) is 8.91. The van der Waals surface area contributed by atoms with E-state index in [2.05, 4.69) is 32.9 Å². The summed E-state index contributed by atoms with van der Waals surface area (Å²) in [6.07, 6.45) is 0.532. The van der Waals surface area contributed by atoms with Gasteiger partial charge in [-0.15, -0.1) is 0 Å². The molecule has 0 saturated heterocycles. The van der Waals surface area contributed by atoms with E-state index in [1.807, 2.05) is 12.1 Å². The number of hydrogen-bond acceptors (Lipinski definition) is 1. The molecule has 1 nitrogen and oxygen atoms in total. The zero-order chi connectivity index (χ0) is 14.0. The third kappa shape index (κ3) is 2.90. The van der Waals surface area contributed by atoms with Gasteiger partial charge in [0.25, 0.3) is 0 Å². The van der Waals surface area contributed by atoms with Crippen molar-refractivity contribution >= 4 is 6.29 Å². The lowest BCUT2D eigenvalue weighted by Gasteiger charge is -2.19. The van der Waals surface area contributed by atoms with Crippen LogP contribution in [0.4, 0.5) is 4.39 Å². The summed E-state index contributed by atoms with van der Waals surface area (Å²) in [4.78, 5) is 10.6. The molecule has 2 aromatic carbocycles. The smallest absolute Gasteiger partial charge is 0.152 e. The van der Waals surface area contributed by atoms with Gasteiger partial charge >= 0.3 is 0 Å². The molecule has 0 N–H and O–H groups in total. The summed E-state index contributed by atoms with van der Waals surface area (Å²) in [5.74, 6) is -0.478. The van der Waals surface area contributed by atoms with Crippen LogP contribution in [0.3, 0.4) is 0 Å². The van der Waals surface area contributed by atoms with Crippen LogP contribution in [0.1, 0.15) is 36.7 Å². The lowest BCUT2D eigenvalue weighted by molar-refractivity contribution is 0.112. The first-order valence-corrected chi connectivity index (χ1v) is 6.27. The summed E-state index contributed by atoms with van der Waals surface area (Å²) in [5, 5.41) is 0. The normalized spacial score (nSPS) is 11.4. The minimum absolute atomic E-state index is 0.0529. The van der Waals surface area contributed by atoms with Crippen molar-refractivity contribution in [3.8, 4) is 11.1 Å².